The Bertz CT molecular complexity index is 1060. The largest absolute Gasteiger partial charge is 0.376 e. The molecule has 28 heavy (non-hydrogen) atoms. The minimum atomic E-state index is -0.459. The molecule has 0 spiro atoms. The normalized spacial score (nSPS) is 16.2. The van der Waals surface area contributed by atoms with E-state index >= 15 is 0 Å². The molecule has 2 aromatic carbocycles. The Hall–Kier alpha value is -2.90. The average Bonchev–Trinajstić information content (AvgIpc) is 3.19. The van der Waals surface area contributed by atoms with E-state index in [4.69, 9.17) is 16.3 Å². The van der Waals surface area contributed by atoms with E-state index in [1.54, 1.807) is 36.4 Å². The smallest absolute Gasteiger partial charge is 0.349 e. The monoisotopic (exact) mass is 398 g/mol. The van der Waals surface area contributed by atoms with E-state index in [-0.39, 0.29) is 6.10 Å². The highest BCUT2D eigenvalue weighted by atomic mass is 35.5. The number of halogens is 1. The Morgan fingerprint density at radius 3 is 2.71 bits per heavy atom. The maximum Gasteiger partial charge on any atom is 0.349 e. The van der Waals surface area contributed by atoms with Gasteiger partial charge in [-0.3, -0.25) is 9.88 Å². The van der Waals surface area contributed by atoms with Gasteiger partial charge in [-0.15, -0.1) is 0 Å². The topological polar surface area (TPSA) is 85.3 Å². The molecule has 2 amide bonds. The fourth-order valence-corrected chi connectivity index (χ4v) is 3.40. The molecular formula is C20H19ClN4O3. The van der Waals surface area contributed by atoms with Crippen LogP contribution in [0, 0.1) is 0 Å². The number of amides is 2. The number of ether oxygens (including phenoxy) is 1. The molecule has 1 saturated heterocycles. The fraction of sp³-hybridized carbons (Fsp3) is 0.250. The van der Waals surface area contributed by atoms with Crippen molar-refractivity contribution in [3.63, 3.8) is 0 Å². The summed E-state index contributed by atoms with van der Waals surface area (Å²) in [5, 5.41) is 6.83. The molecule has 2 N–H and O–H groups in total. The van der Waals surface area contributed by atoms with Gasteiger partial charge in [-0.05, 0) is 49.2 Å². The van der Waals surface area contributed by atoms with E-state index < -0.39 is 11.7 Å². The van der Waals surface area contributed by atoms with Crippen LogP contribution in [-0.4, -0.2) is 28.3 Å². The molecule has 1 fully saturated rings. The molecule has 1 atom stereocenters. The number of carbonyl (C=O) groups is 1. The van der Waals surface area contributed by atoms with Crippen LogP contribution in [-0.2, 0) is 11.3 Å². The number of benzene rings is 2. The van der Waals surface area contributed by atoms with Gasteiger partial charge in [-0.2, -0.15) is 4.98 Å². The van der Waals surface area contributed by atoms with Gasteiger partial charge in [-0.25, -0.2) is 9.59 Å². The summed E-state index contributed by atoms with van der Waals surface area (Å²) in [6.45, 7) is 1.02. The first-order valence-corrected chi connectivity index (χ1v) is 9.43. The molecule has 0 unspecified atom stereocenters. The Morgan fingerprint density at radius 2 is 1.96 bits per heavy atom. The SMILES string of the molecule is O=C(Nc1ccc(Cl)cc1)Nc1c2ccccc2nc(=O)n1C[C@H]1CCCO1. The summed E-state index contributed by atoms with van der Waals surface area (Å²) in [5.74, 6) is 0.401. The van der Waals surface area contributed by atoms with Crippen molar-refractivity contribution in [1.29, 1.82) is 0 Å². The Labute approximate surface area is 166 Å². The summed E-state index contributed by atoms with van der Waals surface area (Å²) in [4.78, 5) is 29.4. The second-order valence-electron chi connectivity index (χ2n) is 6.59. The number of nitrogens with zero attached hydrogens (tertiary/aromatic N) is 2. The summed E-state index contributed by atoms with van der Waals surface area (Å²) in [5.41, 5.74) is 0.696. The van der Waals surface area contributed by atoms with Crippen LogP contribution in [0.25, 0.3) is 10.9 Å². The predicted molar refractivity (Wildman–Crippen MR) is 109 cm³/mol. The summed E-state index contributed by atoms with van der Waals surface area (Å²) < 4.78 is 7.13. The average molecular weight is 399 g/mol. The van der Waals surface area contributed by atoms with Crippen LogP contribution in [0.4, 0.5) is 16.3 Å². The maximum absolute atomic E-state index is 12.6. The highest BCUT2D eigenvalue weighted by Crippen LogP contribution is 2.23. The van der Waals surface area contributed by atoms with E-state index in [0.29, 0.717) is 40.6 Å². The third kappa shape index (κ3) is 4.00. The van der Waals surface area contributed by atoms with Crippen LogP contribution in [0.2, 0.25) is 5.02 Å². The molecule has 2 heterocycles. The highest BCUT2D eigenvalue weighted by Gasteiger charge is 2.21. The molecule has 8 heteroatoms. The number of para-hydroxylation sites is 1. The van der Waals surface area contributed by atoms with Crippen molar-refractivity contribution in [2.24, 2.45) is 0 Å². The van der Waals surface area contributed by atoms with Gasteiger partial charge in [0.15, 0.2) is 0 Å². The second-order valence-corrected chi connectivity index (χ2v) is 7.03. The van der Waals surface area contributed by atoms with Gasteiger partial charge in [0.25, 0.3) is 0 Å². The van der Waals surface area contributed by atoms with Crippen molar-refractivity contribution >= 4 is 40.0 Å². The van der Waals surface area contributed by atoms with Crippen LogP contribution >= 0.6 is 11.6 Å². The minimum absolute atomic E-state index is 0.0689. The number of anilines is 2. The second kappa shape index (κ2) is 8.00. The van der Waals surface area contributed by atoms with E-state index in [1.165, 1.54) is 4.57 Å². The Balaban J connectivity index is 1.67. The van der Waals surface area contributed by atoms with Crippen LogP contribution in [0.15, 0.2) is 53.3 Å². The molecule has 4 rings (SSSR count). The number of hydrogen-bond acceptors (Lipinski definition) is 4. The summed E-state index contributed by atoms with van der Waals surface area (Å²) in [6, 6.07) is 13.5. The fourth-order valence-electron chi connectivity index (χ4n) is 3.28. The predicted octanol–water partition coefficient (Wildman–Crippen LogP) is 3.87. The molecule has 1 aliphatic heterocycles. The first-order valence-electron chi connectivity index (χ1n) is 9.05. The van der Waals surface area contributed by atoms with Gasteiger partial charge < -0.3 is 10.1 Å². The lowest BCUT2D eigenvalue weighted by Gasteiger charge is -2.18. The molecule has 144 valence electrons. The van der Waals surface area contributed by atoms with Crippen molar-refractivity contribution in [2.75, 3.05) is 17.2 Å². The number of urea groups is 1. The minimum Gasteiger partial charge on any atom is -0.376 e. The quantitative estimate of drug-likeness (QED) is 0.698. The number of fused-ring (bicyclic) bond motifs is 1. The van der Waals surface area contributed by atoms with E-state index in [2.05, 4.69) is 15.6 Å². The molecule has 7 nitrogen and oxygen atoms in total. The molecule has 0 bridgehead atoms. The molecule has 0 aliphatic carbocycles. The zero-order valence-corrected chi connectivity index (χ0v) is 15.8. The van der Waals surface area contributed by atoms with Crippen molar-refractivity contribution in [3.05, 3.63) is 64.0 Å². The highest BCUT2D eigenvalue weighted by molar-refractivity contribution is 6.30. The van der Waals surface area contributed by atoms with Gasteiger partial charge in [0.2, 0.25) is 0 Å². The molecule has 0 saturated carbocycles. The van der Waals surface area contributed by atoms with Gasteiger partial charge in [-0.1, -0.05) is 23.7 Å². The Kier molecular flexibility index (Phi) is 5.27. The first kappa shape index (κ1) is 18.5. The van der Waals surface area contributed by atoms with E-state index in [9.17, 15) is 9.59 Å². The van der Waals surface area contributed by atoms with Gasteiger partial charge in [0.1, 0.15) is 5.82 Å². The summed E-state index contributed by atoms with van der Waals surface area (Å²) >= 11 is 5.88. The van der Waals surface area contributed by atoms with Crippen molar-refractivity contribution in [1.82, 2.24) is 9.55 Å². The number of aromatic nitrogens is 2. The maximum atomic E-state index is 12.6. The Morgan fingerprint density at radius 1 is 1.18 bits per heavy atom. The van der Waals surface area contributed by atoms with Crippen molar-refractivity contribution in [3.8, 4) is 0 Å². The number of hydrogen-bond donors (Lipinski definition) is 2. The molecule has 1 aromatic heterocycles. The summed E-state index contributed by atoms with van der Waals surface area (Å²) in [7, 11) is 0. The van der Waals surface area contributed by atoms with Crippen LogP contribution in [0.5, 0.6) is 0 Å². The van der Waals surface area contributed by atoms with Gasteiger partial charge in [0.05, 0.1) is 18.2 Å². The standard InChI is InChI=1S/C20H19ClN4O3/c21-13-7-9-14(10-8-13)22-19(26)24-18-16-5-1-2-6-17(16)23-20(27)25(18)12-15-4-3-11-28-15/h1-2,5-10,15H,3-4,11-12H2,(H2,22,24,26)/t15-/m1/s1. The van der Waals surface area contributed by atoms with Crippen LogP contribution < -0.4 is 16.3 Å². The summed E-state index contributed by atoms with van der Waals surface area (Å²) in [6.07, 6.45) is 1.76. The number of carbonyl (C=O) groups excluding carboxylic acids is 1. The molecular weight excluding hydrogens is 380 g/mol. The van der Waals surface area contributed by atoms with Crippen molar-refractivity contribution in [2.45, 2.75) is 25.5 Å². The lowest BCUT2D eigenvalue weighted by atomic mass is 10.2. The van der Waals surface area contributed by atoms with Gasteiger partial charge >= 0.3 is 11.7 Å². The third-order valence-electron chi connectivity index (χ3n) is 4.62. The molecule has 1 aliphatic rings. The first-order chi connectivity index (χ1) is 13.6. The lowest BCUT2D eigenvalue weighted by molar-refractivity contribution is 0.0964. The molecule has 0 radical (unpaired) electrons. The van der Waals surface area contributed by atoms with Gasteiger partial charge in [0, 0.05) is 22.7 Å². The van der Waals surface area contributed by atoms with E-state index in [1.807, 2.05) is 12.1 Å². The zero-order chi connectivity index (χ0) is 19.5. The number of rotatable bonds is 4. The lowest BCUT2D eigenvalue weighted by Crippen LogP contribution is -2.33. The van der Waals surface area contributed by atoms with Crippen molar-refractivity contribution < 1.29 is 9.53 Å². The molecule has 3 aromatic rings. The number of nitrogens with one attached hydrogen (secondary N) is 2. The van der Waals surface area contributed by atoms with E-state index in [0.717, 1.165) is 12.8 Å². The third-order valence-corrected chi connectivity index (χ3v) is 4.87. The van der Waals surface area contributed by atoms with Crippen LogP contribution in [0.1, 0.15) is 12.8 Å². The van der Waals surface area contributed by atoms with Crippen LogP contribution in [0.3, 0.4) is 0 Å². The zero-order valence-electron chi connectivity index (χ0n) is 15.0.